The molecule has 0 heterocycles. The molecule has 0 unspecified atom stereocenters. The van der Waals surface area contributed by atoms with Gasteiger partial charge in [-0.25, -0.2) is 0 Å². The fraction of sp³-hybridized carbons (Fsp3) is 0. The van der Waals surface area contributed by atoms with Gasteiger partial charge in [0.25, 0.3) is 0 Å². The zero-order valence-corrected chi connectivity index (χ0v) is 8.55. The van der Waals surface area contributed by atoms with E-state index in [0.29, 0.717) is 16.8 Å². The van der Waals surface area contributed by atoms with E-state index in [1.54, 1.807) is 36.4 Å². The molecule has 0 aliphatic heterocycles. The van der Waals surface area contributed by atoms with E-state index in [-0.39, 0.29) is 11.5 Å². The molecule has 16 heavy (non-hydrogen) atoms. The van der Waals surface area contributed by atoms with Crippen LogP contribution in [0.15, 0.2) is 48.5 Å². The molecule has 0 amide bonds. The molecular weight excluding hydrogens is 202 g/mol. The summed E-state index contributed by atoms with van der Waals surface area (Å²) in [5.41, 5.74) is 7.30. The quantitative estimate of drug-likeness (QED) is 0.593. The number of carbonyl (C=O) groups is 1. The maximum Gasteiger partial charge on any atom is 0.193 e. The van der Waals surface area contributed by atoms with E-state index in [1.165, 1.54) is 12.1 Å². The maximum absolute atomic E-state index is 11.9. The number of phenolic OH excluding ortho intramolecular Hbond substituents is 1. The Hall–Kier alpha value is -2.29. The van der Waals surface area contributed by atoms with Crippen LogP contribution in [-0.2, 0) is 0 Å². The molecular formula is C13H11NO2. The lowest BCUT2D eigenvalue weighted by Gasteiger charge is -2.01. The number of aromatic hydroxyl groups is 1. The van der Waals surface area contributed by atoms with Crippen LogP contribution in [0.25, 0.3) is 0 Å². The first-order valence-corrected chi connectivity index (χ1v) is 4.86. The highest BCUT2D eigenvalue weighted by molar-refractivity contribution is 6.09. The molecule has 0 saturated heterocycles. The van der Waals surface area contributed by atoms with E-state index in [1.807, 2.05) is 0 Å². The standard InChI is InChI=1S/C13H11NO2/c14-11-5-1-9(2-6-11)13(16)10-3-7-12(15)8-4-10/h1-8,15H,14H2. The second kappa shape index (κ2) is 4.06. The van der Waals surface area contributed by atoms with Crippen molar-refractivity contribution in [1.29, 1.82) is 0 Å². The molecule has 3 nitrogen and oxygen atoms in total. The van der Waals surface area contributed by atoms with Gasteiger partial charge in [0.2, 0.25) is 0 Å². The Kier molecular flexibility index (Phi) is 2.60. The summed E-state index contributed by atoms with van der Waals surface area (Å²) in [5, 5.41) is 9.12. The molecule has 0 saturated carbocycles. The van der Waals surface area contributed by atoms with Crippen molar-refractivity contribution >= 4 is 11.5 Å². The van der Waals surface area contributed by atoms with Crippen molar-refractivity contribution in [3.8, 4) is 5.75 Å². The number of phenols is 1. The largest absolute Gasteiger partial charge is 0.508 e. The fourth-order valence-electron chi connectivity index (χ4n) is 1.41. The molecule has 0 bridgehead atoms. The van der Waals surface area contributed by atoms with Gasteiger partial charge >= 0.3 is 0 Å². The van der Waals surface area contributed by atoms with Gasteiger partial charge in [0, 0.05) is 16.8 Å². The third kappa shape index (κ3) is 2.03. The molecule has 2 aromatic rings. The van der Waals surface area contributed by atoms with Crippen LogP contribution in [0.1, 0.15) is 15.9 Å². The predicted molar refractivity (Wildman–Crippen MR) is 62.4 cm³/mol. The zero-order valence-electron chi connectivity index (χ0n) is 8.55. The van der Waals surface area contributed by atoms with Crippen molar-refractivity contribution in [2.75, 3.05) is 5.73 Å². The van der Waals surface area contributed by atoms with Crippen LogP contribution in [0.2, 0.25) is 0 Å². The Morgan fingerprint density at radius 3 is 1.81 bits per heavy atom. The monoisotopic (exact) mass is 213 g/mol. The van der Waals surface area contributed by atoms with Crippen LogP contribution in [0.5, 0.6) is 5.75 Å². The topological polar surface area (TPSA) is 63.3 Å². The number of benzene rings is 2. The lowest BCUT2D eigenvalue weighted by atomic mass is 10.0. The third-order valence-electron chi connectivity index (χ3n) is 2.30. The number of ketones is 1. The smallest absolute Gasteiger partial charge is 0.193 e. The number of nitrogen functional groups attached to an aromatic ring is 1. The van der Waals surface area contributed by atoms with Gasteiger partial charge in [-0.1, -0.05) is 0 Å². The van der Waals surface area contributed by atoms with E-state index in [2.05, 4.69) is 0 Å². The Morgan fingerprint density at radius 1 is 0.875 bits per heavy atom. The molecule has 2 aromatic carbocycles. The molecule has 3 heteroatoms. The highest BCUT2D eigenvalue weighted by Crippen LogP contribution is 2.15. The second-order valence-corrected chi connectivity index (χ2v) is 3.50. The summed E-state index contributed by atoms with van der Waals surface area (Å²) in [6.07, 6.45) is 0. The summed E-state index contributed by atoms with van der Waals surface area (Å²) in [6.45, 7) is 0. The fourth-order valence-corrected chi connectivity index (χ4v) is 1.41. The molecule has 3 N–H and O–H groups in total. The predicted octanol–water partition coefficient (Wildman–Crippen LogP) is 2.21. The molecule has 80 valence electrons. The highest BCUT2D eigenvalue weighted by atomic mass is 16.3. The van der Waals surface area contributed by atoms with Crippen LogP contribution in [0.4, 0.5) is 5.69 Å². The van der Waals surface area contributed by atoms with E-state index < -0.39 is 0 Å². The molecule has 2 rings (SSSR count). The Morgan fingerprint density at radius 2 is 1.31 bits per heavy atom. The van der Waals surface area contributed by atoms with Crippen LogP contribution in [0, 0.1) is 0 Å². The molecule has 0 spiro atoms. The van der Waals surface area contributed by atoms with Gasteiger partial charge in [0.1, 0.15) is 5.75 Å². The van der Waals surface area contributed by atoms with Crippen LogP contribution in [-0.4, -0.2) is 10.9 Å². The van der Waals surface area contributed by atoms with Gasteiger partial charge in [-0.3, -0.25) is 4.79 Å². The van der Waals surface area contributed by atoms with Gasteiger partial charge in [-0.05, 0) is 48.5 Å². The summed E-state index contributed by atoms with van der Waals surface area (Å²) in [5.74, 6) is 0.0638. The van der Waals surface area contributed by atoms with Gasteiger partial charge < -0.3 is 10.8 Å². The Balaban J connectivity index is 2.32. The summed E-state index contributed by atoms with van der Waals surface area (Å²) in [7, 11) is 0. The van der Waals surface area contributed by atoms with Gasteiger partial charge in [-0.2, -0.15) is 0 Å². The summed E-state index contributed by atoms with van der Waals surface area (Å²) in [4.78, 5) is 11.9. The lowest BCUT2D eigenvalue weighted by Crippen LogP contribution is -2.00. The first-order valence-electron chi connectivity index (χ1n) is 4.86. The molecule has 0 aromatic heterocycles. The average molecular weight is 213 g/mol. The Bertz CT molecular complexity index is 453. The van der Waals surface area contributed by atoms with Gasteiger partial charge in [0.05, 0.1) is 0 Å². The maximum atomic E-state index is 11.9. The van der Waals surface area contributed by atoms with Crippen molar-refractivity contribution in [3.63, 3.8) is 0 Å². The Labute approximate surface area is 93.1 Å². The lowest BCUT2D eigenvalue weighted by molar-refractivity contribution is 0.103. The summed E-state index contributed by atoms with van der Waals surface area (Å²) >= 11 is 0. The molecule has 0 radical (unpaired) electrons. The molecule has 0 aliphatic carbocycles. The molecule has 0 atom stereocenters. The van der Waals surface area contributed by atoms with Crippen molar-refractivity contribution in [3.05, 3.63) is 59.7 Å². The van der Waals surface area contributed by atoms with Crippen LogP contribution < -0.4 is 5.73 Å². The summed E-state index contributed by atoms with van der Waals surface area (Å²) < 4.78 is 0. The first-order chi connectivity index (χ1) is 7.66. The number of rotatable bonds is 2. The van der Waals surface area contributed by atoms with Crippen molar-refractivity contribution in [2.45, 2.75) is 0 Å². The van der Waals surface area contributed by atoms with Gasteiger partial charge in [0.15, 0.2) is 5.78 Å². The van der Waals surface area contributed by atoms with Gasteiger partial charge in [-0.15, -0.1) is 0 Å². The van der Waals surface area contributed by atoms with E-state index >= 15 is 0 Å². The van der Waals surface area contributed by atoms with Crippen molar-refractivity contribution in [1.82, 2.24) is 0 Å². The van der Waals surface area contributed by atoms with Crippen LogP contribution >= 0.6 is 0 Å². The highest BCUT2D eigenvalue weighted by Gasteiger charge is 2.08. The number of hydrogen-bond acceptors (Lipinski definition) is 3. The minimum Gasteiger partial charge on any atom is -0.508 e. The summed E-state index contributed by atoms with van der Waals surface area (Å²) in [6, 6.07) is 12.9. The zero-order chi connectivity index (χ0) is 11.5. The van der Waals surface area contributed by atoms with Crippen molar-refractivity contribution in [2.24, 2.45) is 0 Å². The second-order valence-electron chi connectivity index (χ2n) is 3.50. The molecule has 0 fully saturated rings. The van der Waals surface area contributed by atoms with Crippen molar-refractivity contribution < 1.29 is 9.90 Å². The van der Waals surface area contributed by atoms with E-state index in [4.69, 9.17) is 10.8 Å². The number of anilines is 1. The third-order valence-corrected chi connectivity index (χ3v) is 2.30. The minimum absolute atomic E-state index is 0.0833. The van der Waals surface area contributed by atoms with E-state index in [9.17, 15) is 4.79 Å². The first kappa shape index (κ1) is 10.2. The van der Waals surface area contributed by atoms with E-state index in [0.717, 1.165) is 0 Å². The number of carbonyl (C=O) groups excluding carboxylic acids is 1. The number of hydrogen-bond donors (Lipinski definition) is 2. The minimum atomic E-state index is -0.0833. The normalized spacial score (nSPS) is 10.0. The molecule has 0 aliphatic rings. The number of nitrogens with two attached hydrogens (primary N) is 1. The average Bonchev–Trinajstić information content (AvgIpc) is 2.30. The van der Waals surface area contributed by atoms with Crippen LogP contribution in [0.3, 0.4) is 0 Å². The SMILES string of the molecule is Nc1ccc(C(=O)c2ccc(O)cc2)cc1.